The molecule has 0 saturated heterocycles. The Labute approximate surface area is 131 Å². The van der Waals surface area contributed by atoms with Crippen LogP contribution in [0.5, 0.6) is 0 Å². The van der Waals surface area contributed by atoms with E-state index in [1.807, 2.05) is 6.92 Å². The van der Waals surface area contributed by atoms with E-state index in [1.165, 1.54) is 25.7 Å². The molecule has 0 aromatic rings. The van der Waals surface area contributed by atoms with E-state index < -0.39 is 5.60 Å². The summed E-state index contributed by atoms with van der Waals surface area (Å²) in [6.45, 7) is 15.4. The molecule has 1 saturated carbocycles. The molecule has 0 bridgehead atoms. The Morgan fingerprint density at radius 1 is 1.43 bits per heavy atom. The first-order chi connectivity index (χ1) is 9.66. The van der Waals surface area contributed by atoms with Gasteiger partial charge in [-0.05, 0) is 75.0 Å². The standard InChI is InChI=1S/C20H34O/c1-7-18(4,21)13-14-20(6)16(3)11-12-19(5)15(2)9-8-10-17(19)20/h7,9,16-17,21H,1,8,10-14H2,2-6H3/t16-,17+,18-,19-,20+/m1/s1. The Kier molecular flexibility index (Phi) is 4.46. The van der Waals surface area contributed by atoms with E-state index in [2.05, 4.69) is 40.3 Å². The molecular formula is C20H34O. The van der Waals surface area contributed by atoms with E-state index in [0.29, 0.717) is 10.8 Å². The fourth-order valence-corrected chi connectivity index (χ4v) is 4.96. The zero-order valence-corrected chi connectivity index (χ0v) is 14.7. The molecule has 2 rings (SSSR count). The van der Waals surface area contributed by atoms with Crippen molar-refractivity contribution in [3.63, 3.8) is 0 Å². The maximum Gasteiger partial charge on any atom is 0.0797 e. The monoisotopic (exact) mass is 290 g/mol. The van der Waals surface area contributed by atoms with Crippen molar-refractivity contribution in [1.29, 1.82) is 0 Å². The molecule has 0 aromatic heterocycles. The van der Waals surface area contributed by atoms with Crippen LogP contribution in [0.4, 0.5) is 0 Å². The molecular weight excluding hydrogens is 256 g/mol. The molecule has 0 aliphatic heterocycles. The largest absolute Gasteiger partial charge is 0.386 e. The van der Waals surface area contributed by atoms with Crippen LogP contribution in [0.25, 0.3) is 0 Å². The zero-order valence-electron chi connectivity index (χ0n) is 14.7. The van der Waals surface area contributed by atoms with Crippen LogP contribution in [-0.2, 0) is 0 Å². The van der Waals surface area contributed by atoms with Crippen molar-refractivity contribution >= 4 is 0 Å². The van der Waals surface area contributed by atoms with E-state index in [9.17, 15) is 5.11 Å². The highest BCUT2D eigenvalue weighted by atomic mass is 16.3. The quantitative estimate of drug-likeness (QED) is 0.678. The van der Waals surface area contributed by atoms with Crippen molar-refractivity contribution in [3.05, 3.63) is 24.3 Å². The fourth-order valence-electron chi connectivity index (χ4n) is 4.96. The number of allylic oxidation sites excluding steroid dienone is 2. The molecule has 5 atom stereocenters. The first-order valence-corrected chi connectivity index (χ1v) is 8.69. The molecule has 0 spiro atoms. The third-order valence-corrected chi connectivity index (χ3v) is 7.20. The summed E-state index contributed by atoms with van der Waals surface area (Å²) in [6.07, 6.45) is 11.3. The minimum atomic E-state index is -0.726. The van der Waals surface area contributed by atoms with Gasteiger partial charge in [0.25, 0.3) is 0 Å². The summed E-state index contributed by atoms with van der Waals surface area (Å²) in [5, 5.41) is 10.3. The molecule has 1 heteroatoms. The predicted octanol–water partition coefficient (Wildman–Crippen LogP) is 5.50. The molecule has 1 N–H and O–H groups in total. The molecule has 120 valence electrons. The summed E-state index contributed by atoms with van der Waals surface area (Å²) in [7, 11) is 0. The average molecular weight is 290 g/mol. The first kappa shape index (κ1) is 16.8. The van der Waals surface area contributed by atoms with Gasteiger partial charge in [-0.15, -0.1) is 6.58 Å². The second-order valence-corrected chi connectivity index (χ2v) is 8.44. The Morgan fingerprint density at radius 2 is 2.10 bits per heavy atom. The molecule has 21 heavy (non-hydrogen) atoms. The molecule has 0 amide bonds. The van der Waals surface area contributed by atoms with Crippen LogP contribution in [-0.4, -0.2) is 10.7 Å². The first-order valence-electron chi connectivity index (χ1n) is 8.69. The lowest BCUT2D eigenvalue weighted by molar-refractivity contribution is -0.0582. The number of rotatable bonds is 4. The van der Waals surface area contributed by atoms with E-state index in [4.69, 9.17) is 0 Å². The van der Waals surface area contributed by atoms with Gasteiger partial charge in [0.15, 0.2) is 0 Å². The van der Waals surface area contributed by atoms with Gasteiger partial charge < -0.3 is 5.11 Å². The van der Waals surface area contributed by atoms with Gasteiger partial charge >= 0.3 is 0 Å². The van der Waals surface area contributed by atoms with Crippen LogP contribution in [0.3, 0.4) is 0 Å². The fraction of sp³-hybridized carbons (Fsp3) is 0.800. The summed E-state index contributed by atoms with van der Waals surface area (Å²) in [5.74, 6) is 1.49. The van der Waals surface area contributed by atoms with Gasteiger partial charge in [0.1, 0.15) is 0 Å². The van der Waals surface area contributed by atoms with E-state index >= 15 is 0 Å². The van der Waals surface area contributed by atoms with Gasteiger partial charge in [0.05, 0.1) is 5.60 Å². The second-order valence-electron chi connectivity index (χ2n) is 8.44. The van der Waals surface area contributed by atoms with Gasteiger partial charge in [-0.2, -0.15) is 0 Å². The summed E-state index contributed by atoms with van der Waals surface area (Å²) in [5.41, 5.74) is 1.58. The number of hydrogen-bond donors (Lipinski definition) is 1. The molecule has 0 heterocycles. The zero-order chi connectivity index (χ0) is 15.9. The summed E-state index contributed by atoms with van der Waals surface area (Å²) in [4.78, 5) is 0. The number of aliphatic hydroxyl groups is 1. The van der Waals surface area contributed by atoms with Gasteiger partial charge in [-0.3, -0.25) is 0 Å². The predicted molar refractivity (Wildman–Crippen MR) is 91.1 cm³/mol. The lowest BCUT2D eigenvalue weighted by atomic mass is 9.47. The van der Waals surface area contributed by atoms with Gasteiger partial charge in [-0.1, -0.05) is 38.5 Å². The molecule has 0 aromatic carbocycles. The highest BCUT2D eigenvalue weighted by molar-refractivity contribution is 5.20. The van der Waals surface area contributed by atoms with Crippen LogP contribution in [0.15, 0.2) is 24.3 Å². The van der Waals surface area contributed by atoms with E-state index in [0.717, 1.165) is 24.7 Å². The SMILES string of the molecule is C=C[C@@](C)(O)CC[C@@]1(C)[C@H](C)CC[C@]2(C)C(C)=CCC[C@H]12. The van der Waals surface area contributed by atoms with Crippen molar-refractivity contribution < 1.29 is 5.11 Å². The van der Waals surface area contributed by atoms with Gasteiger partial charge in [0.2, 0.25) is 0 Å². The van der Waals surface area contributed by atoms with Crippen LogP contribution in [0.1, 0.15) is 73.1 Å². The smallest absolute Gasteiger partial charge is 0.0797 e. The highest BCUT2D eigenvalue weighted by Gasteiger charge is 2.53. The molecule has 0 radical (unpaired) electrons. The summed E-state index contributed by atoms with van der Waals surface area (Å²) >= 11 is 0. The molecule has 2 aliphatic carbocycles. The minimum Gasteiger partial charge on any atom is -0.386 e. The third-order valence-electron chi connectivity index (χ3n) is 7.20. The second kappa shape index (κ2) is 5.57. The van der Waals surface area contributed by atoms with Crippen molar-refractivity contribution in [2.75, 3.05) is 0 Å². The maximum atomic E-state index is 10.3. The van der Waals surface area contributed by atoms with Crippen LogP contribution < -0.4 is 0 Å². The van der Waals surface area contributed by atoms with Crippen molar-refractivity contribution in [3.8, 4) is 0 Å². The van der Waals surface area contributed by atoms with Crippen molar-refractivity contribution in [1.82, 2.24) is 0 Å². The number of hydrogen-bond acceptors (Lipinski definition) is 1. The Bertz CT molecular complexity index is 433. The normalized spacial score (nSPS) is 42.7. The van der Waals surface area contributed by atoms with Crippen molar-refractivity contribution in [2.24, 2.45) is 22.7 Å². The van der Waals surface area contributed by atoms with Crippen LogP contribution in [0, 0.1) is 22.7 Å². The molecule has 2 aliphatic rings. The van der Waals surface area contributed by atoms with Crippen LogP contribution in [0.2, 0.25) is 0 Å². The Morgan fingerprint density at radius 3 is 2.71 bits per heavy atom. The lowest BCUT2D eigenvalue weighted by Gasteiger charge is -2.58. The Balaban J connectivity index is 2.27. The highest BCUT2D eigenvalue weighted by Crippen LogP contribution is 2.61. The topological polar surface area (TPSA) is 20.2 Å². The molecule has 1 nitrogen and oxygen atoms in total. The van der Waals surface area contributed by atoms with Crippen molar-refractivity contribution in [2.45, 2.75) is 78.7 Å². The minimum absolute atomic E-state index is 0.329. The summed E-state index contributed by atoms with van der Waals surface area (Å²) < 4.78 is 0. The number of fused-ring (bicyclic) bond motifs is 1. The van der Waals surface area contributed by atoms with Gasteiger partial charge in [-0.25, -0.2) is 0 Å². The van der Waals surface area contributed by atoms with Gasteiger partial charge in [0, 0.05) is 0 Å². The molecule has 0 unspecified atom stereocenters. The summed E-state index contributed by atoms with van der Waals surface area (Å²) in [6, 6.07) is 0. The maximum absolute atomic E-state index is 10.3. The third kappa shape index (κ3) is 2.86. The van der Waals surface area contributed by atoms with E-state index in [1.54, 1.807) is 11.6 Å². The average Bonchev–Trinajstić information content (AvgIpc) is 2.44. The lowest BCUT2D eigenvalue weighted by Crippen LogP contribution is -2.50. The Hall–Kier alpha value is -0.560. The molecule has 1 fully saturated rings. The van der Waals surface area contributed by atoms with Crippen LogP contribution >= 0.6 is 0 Å². The van der Waals surface area contributed by atoms with E-state index in [-0.39, 0.29) is 0 Å².